The summed E-state index contributed by atoms with van der Waals surface area (Å²) in [6.07, 6.45) is 0. The van der Waals surface area contributed by atoms with Crippen molar-refractivity contribution in [2.45, 2.75) is 31.1 Å². The van der Waals surface area contributed by atoms with E-state index in [1.807, 2.05) is 18.2 Å². The molecule has 1 amide bonds. The SMILES string of the molecule is CC(C)(C)c1ccc(S(=O)(=O)Nc2ccc3c(c2)C(=O)Nc2ccccc2O3)cc1. The fourth-order valence-corrected chi connectivity index (χ4v) is 4.22. The van der Waals surface area contributed by atoms with Crippen LogP contribution < -0.4 is 14.8 Å². The van der Waals surface area contributed by atoms with Gasteiger partial charge in [0.15, 0.2) is 5.75 Å². The molecule has 3 aromatic carbocycles. The standard InChI is InChI=1S/C23H22N2O4S/c1-23(2,3)15-8-11-17(12-9-15)30(27,28)25-16-10-13-20-18(14-16)22(26)24-19-6-4-5-7-21(19)29-20/h4-14,25H,1-3H3,(H,24,26). The van der Waals surface area contributed by atoms with Crippen LogP contribution in [0.1, 0.15) is 36.7 Å². The molecular weight excluding hydrogens is 400 g/mol. The summed E-state index contributed by atoms with van der Waals surface area (Å²) in [5.41, 5.74) is 2.05. The van der Waals surface area contributed by atoms with Gasteiger partial charge in [-0.25, -0.2) is 8.42 Å². The molecule has 6 nitrogen and oxygen atoms in total. The van der Waals surface area contributed by atoms with Crippen LogP contribution in [0.5, 0.6) is 11.5 Å². The van der Waals surface area contributed by atoms with Crippen LogP contribution in [0.2, 0.25) is 0 Å². The Morgan fingerprint density at radius 1 is 0.900 bits per heavy atom. The third kappa shape index (κ3) is 3.89. The van der Waals surface area contributed by atoms with E-state index in [9.17, 15) is 13.2 Å². The van der Waals surface area contributed by atoms with Gasteiger partial charge in [0, 0.05) is 5.69 Å². The van der Waals surface area contributed by atoms with Crippen molar-refractivity contribution in [3.63, 3.8) is 0 Å². The Bertz CT molecular complexity index is 1230. The molecule has 154 valence electrons. The Labute approximate surface area is 176 Å². The Hall–Kier alpha value is -3.32. The van der Waals surface area contributed by atoms with Crippen molar-refractivity contribution < 1.29 is 17.9 Å². The van der Waals surface area contributed by atoms with Gasteiger partial charge in [0.1, 0.15) is 5.75 Å². The molecule has 1 aliphatic heterocycles. The molecule has 30 heavy (non-hydrogen) atoms. The highest BCUT2D eigenvalue weighted by Gasteiger charge is 2.23. The van der Waals surface area contributed by atoms with Gasteiger partial charge >= 0.3 is 0 Å². The number of rotatable bonds is 3. The van der Waals surface area contributed by atoms with Crippen LogP contribution in [0.3, 0.4) is 0 Å². The maximum absolute atomic E-state index is 12.8. The van der Waals surface area contributed by atoms with E-state index in [0.717, 1.165) is 5.56 Å². The Kier molecular flexibility index (Phi) is 4.78. The molecular formula is C23H22N2O4S. The lowest BCUT2D eigenvalue weighted by atomic mass is 9.87. The first-order valence-electron chi connectivity index (χ1n) is 9.49. The van der Waals surface area contributed by atoms with Gasteiger partial charge in [-0.15, -0.1) is 0 Å². The number of para-hydroxylation sites is 2. The van der Waals surface area contributed by atoms with Gasteiger partial charge in [0.2, 0.25) is 0 Å². The van der Waals surface area contributed by atoms with Crippen LogP contribution in [-0.2, 0) is 15.4 Å². The van der Waals surface area contributed by atoms with Crippen molar-refractivity contribution in [3.05, 3.63) is 77.9 Å². The van der Waals surface area contributed by atoms with Crippen molar-refractivity contribution in [2.75, 3.05) is 10.0 Å². The van der Waals surface area contributed by atoms with Gasteiger partial charge < -0.3 is 10.1 Å². The van der Waals surface area contributed by atoms with Crippen molar-refractivity contribution in [2.24, 2.45) is 0 Å². The molecule has 0 aliphatic carbocycles. The average molecular weight is 423 g/mol. The number of fused-ring (bicyclic) bond motifs is 2. The third-order valence-corrected chi connectivity index (χ3v) is 6.26. The molecule has 1 heterocycles. The molecule has 1 aliphatic rings. The zero-order valence-electron chi connectivity index (χ0n) is 16.9. The quantitative estimate of drug-likeness (QED) is 0.612. The monoisotopic (exact) mass is 422 g/mol. The molecule has 0 aromatic heterocycles. The van der Waals surface area contributed by atoms with Crippen LogP contribution in [0.4, 0.5) is 11.4 Å². The number of amides is 1. The molecule has 0 unspecified atom stereocenters. The summed E-state index contributed by atoms with van der Waals surface area (Å²) in [4.78, 5) is 12.8. The minimum atomic E-state index is -3.80. The molecule has 0 saturated carbocycles. The second-order valence-electron chi connectivity index (χ2n) is 8.14. The lowest BCUT2D eigenvalue weighted by Crippen LogP contribution is -2.16. The molecule has 3 aromatic rings. The van der Waals surface area contributed by atoms with Gasteiger partial charge in [-0.3, -0.25) is 9.52 Å². The fourth-order valence-electron chi connectivity index (χ4n) is 3.18. The van der Waals surface area contributed by atoms with Crippen molar-refractivity contribution in [1.29, 1.82) is 0 Å². The van der Waals surface area contributed by atoms with E-state index in [0.29, 0.717) is 17.2 Å². The molecule has 2 N–H and O–H groups in total. The molecule has 0 radical (unpaired) electrons. The minimum Gasteiger partial charge on any atom is -0.454 e. The maximum atomic E-state index is 12.8. The van der Waals surface area contributed by atoms with Gasteiger partial charge in [-0.1, -0.05) is 45.0 Å². The van der Waals surface area contributed by atoms with E-state index in [-0.39, 0.29) is 27.5 Å². The topological polar surface area (TPSA) is 84.5 Å². The summed E-state index contributed by atoms with van der Waals surface area (Å²) < 4.78 is 34.0. The molecule has 0 bridgehead atoms. The number of hydrogen-bond acceptors (Lipinski definition) is 4. The number of anilines is 2. The normalized spacial score (nSPS) is 13.4. The maximum Gasteiger partial charge on any atom is 0.261 e. The first-order valence-corrected chi connectivity index (χ1v) is 11.0. The summed E-state index contributed by atoms with van der Waals surface area (Å²) in [5, 5.41) is 2.78. The van der Waals surface area contributed by atoms with Gasteiger partial charge in [0.05, 0.1) is 16.1 Å². The predicted molar refractivity (Wildman–Crippen MR) is 117 cm³/mol. The number of carbonyl (C=O) groups excluding carboxylic acids is 1. The number of ether oxygens (including phenoxy) is 1. The highest BCUT2D eigenvalue weighted by Crippen LogP contribution is 2.36. The smallest absolute Gasteiger partial charge is 0.261 e. The number of nitrogens with one attached hydrogen (secondary N) is 2. The van der Waals surface area contributed by atoms with E-state index in [1.165, 1.54) is 6.07 Å². The number of carbonyl (C=O) groups is 1. The molecule has 7 heteroatoms. The van der Waals surface area contributed by atoms with Crippen LogP contribution in [0, 0.1) is 0 Å². The summed E-state index contributed by atoms with van der Waals surface area (Å²) in [7, 11) is -3.80. The zero-order chi connectivity index (χ0) is 21.5. The lowest BCUT2D eigenvalue weighted by molar-refractivity contribution is 0.102. The zero-order valence-corrected chi connectivity index (χ0v) is 17.7. The molecule has 0 atom stereocenters. The summed E-state index contributed by atoms with van der Waals surface area (Å²) >= 11 is 0. The molecule has 0 spiro atoms. The van der Waals surface area contributed by atoms with Crippen LogP contribution >= 0.6 is 0 Å². The molecule has 0 fully saturated rings. The second kappa shape index (κ2) is 7.18. The third-order valence-electron chi connectivity index (χ3n) is 4.86. The van der Waals surface area contributed by atoms with Gasteiger partial charge in [0.25, 0.3) is 15.9 Å². The number of benzene rings is 3. The summed E-state index contributed by atoms with van der Waals surface area (Å²) in [6.45, 7) is 6.20. The van der Waals surface area contributed by atoms with E-state index < -0.39 is 10.0 Å². The van der Waals surface area contributed by atoms with Crippen LogP contribution in [0.25, 0.3) is 0 Å². The Morgan fingerprint density at radius 2 is 1.60 bits per heavy atom. The minimum absolute atomic E-state index is 0.0718. The largest absolute Gasteiger partial charge is 0.454 e. The van der Waals surface area contributed by atoms with Crippen LogP contribution in [0.15, 0.2) is 71.6 Å². The van der Waals surface area contributed by atoms with E-state index in [1.54, 1.807) is 42.5 Å². The predicted octanol–water partition coefficient (Wildman–Crippen LogP) is 5.14. The van der Waals surface area contributed by atoms with Crippen LogP contribution in [-0.4, -0.2) is 14.3 Å². The van der Waals surface area contributed by atoms with E-state index in [2.05, 4.69) is 30.8 Å². The Morgan fingerprint density at radius 3 is 2.30 bits per heavy atom. The second-order valence-corrected chi connectivity index (χ2v) is 9.83. The molecule has 0 saturated heterocycles. The van der Waals surface area contributed by atoms with Crippen molar-refractivity contribution in [1.82, 2.24) is 0 Å². The first kappa shape index (κ1) is 20.0. The summed E-state index contributed by atoms with van der Waals surface area (Å²) in [5.74, 6) is 0.511. The highest BCUT2D eigenvalue weighted by molar-refractivity contribution is 7.92. The summed E-state index contributed by atoms with van der Waals surface area (Å²) in [6, 6.07) is 18.5. The van der Waals surface area contributed by atoms with Gasteiger partial charge in [-0.2, -0.15) is 0 Å². The number of hydrogen-bond donors (Lipinski definition) is 2. The first-order chi connectivity index (χ1) is 14.1. The lowest BCUT2D eigenvalue weighted by Gasteiger charge is -2.19. The van der Waals surface area contributed by atoms with Crippen molar-refractivity contribution >= 4 is 27.3 Å². The van der Waals surface area contributed by atoms with E-state index in [4.69, 9.17) is 4.74 Å². The van der Waals surface area contributed by atoms with Crippen molar-refractivity contribution in [3.8, 4) is 11.5 Å². The number of sulfonamides is 1. The fraction of sp³-hybridized carbons (Fsp3) is 0.174. The van der Waals surface area contributed by atoms with E-state index >= 15 is 0 Å². The Balaban J connectivity index is 1.62. The van der Waals surface area contributed by atoms with Gasteiger partial charge in [-0.05, 0) is 53.4 Å². The highest BCUT2D eigenvalue weighted by atomic mass is 32.2. The average Bonchev–Trinajstić information content (AvgIpc) is 2.83. The molecule has 4 rings (SSSR count).